The summed E-state index contributed by atoms with van der Waals surface area (Å²) >= 11 is 4.52. The molecule has 0 aromatic heterocycles. The van der Waals surface area contributed by atoms with Gasteiger partial charge in [0.25, 0.3) is 0 Å². The second-order valence-corrected chi connectivity index (χ2v) is 4.45. The van der Waals surface area contributed by atoms with Crippen molar-refractivity contribution in [2.45, 2.75) is 19.2 Å². The maximum atomic E-state index is 12.3. The molecular weight excluding hydrogens is 262 g/mol. The minimum atomic E-state index is -3.97. The Labute approximate surface area is 109 Å². The molecule has 0 heterocycles. The summed E-state index contributed by atoms with van der Waals surface area (Å²) in [7, 11) is 0. The normalized spacial score (nSPS) is 12.4. The maximum absolute atomic E-state index is 12.3. The number of carbonyl (C=O) groups is 1. The molecule has 0 aliphatic carbocycles. The number of rotatable bonds is 4. The summed E-state index contributed by atoms with van der Waals surface area (Å²) in [6, 6.07) is 7.63. The number of carbonyl (C=O) groups excluding carboxylic acids is 1. The van der Waals surface area contributed by atoms with Gasteiger partial charge in [0.2, 0.25) is 0 Å². The number of benzene rings is 1. The fourth-order valence-corrected chi connectivity index (χ4v) is 1.30. The minimum Gasteiger partial charge on any atom is -0.456 e. The number of aryl methyl sites for hydroxylation is 1. The van der Waals surface area contributed by atoms with Gasteiger partial charge in [0.1, 0.15) is 6.61 Å². The Morgan fingerprint density at radius 1 is 1.39 bits per heavy atom. The molecule has 1 rings (SSSR count). The van der Waals surface area contributed by atoms with Crippen LogP contribution in [0.15, 0.2) is 29.8 Å². The van der Waals surface area contributed by atoms with E-state index in [1.54, 1.807) is 13.0 Å². The van der Waals surface area contributed by atoms with Crippen molar-refractivity contribution in [3.63, 3.8) is 0 Å². The molecule has 98 valence electrons. The lowest BCUT2D eigenvalue weighted by molar-refractivity contribution is -0.159. The molecule has 0 atom stereocenters. The van der Waals surface area contributed by atoms with Gasteiger partial charge in [-0.2, -0.15) is 8.78 Å². The smallest absolute Gasteiger partial charge is 0.417 e. The van der Waals surface area contributed by atoms with Crippen LogP contribution < -0.4 is 0 Å². The van der Waals surface area contributed by atoms with Crippen molar-refractivity contribution in [1.29, 1.82) is 0 Å². The molecule has 0 saturated heterocycles. The second kappa shape index (κ2) is 5.96. The van der Waals surface area contributed by atoms with Gasteiger partial charge in [0.05, 0.1) is 0 Å². The van der Waals surface area contributed by atoms with Crippen LogP contribution in [-0.2, 0) is 9.53 Å². The third-order valence-corrected chi connectivity index (χ3v) is 2.31. The lowest BCUT2D eigenvalue weighted by Gasteiger charge is -2.08. The highest BCUT2D eigenvalue weighted by atomic mass is 35.5. The standard InChI is InChI=1S/C13H13ClF2O2/c1-9-3-5-11(6-4-9)7-10(2)8-18-12(17)13(14,15)16/h3-7H,8H2,1-2H3/b10-7+. The molecule has 0 amide bonds. The molecular formula is C13H13ClF2O2. The summed E-state index contributed by atoms with van der Waals surface area (Å²) in [4.78, 5) is 10.7. The third kappa shape index (κ3) is 4.84. The van der Waals surface area contributed by atoms with Crippen LogP contribution in [0.25, 0.3) is 6.08 Å². The van der Waals surface area contributed by atoms with Gasteiger partial charge >= 0.3 is 11.4 Å². The van der Waals surface area contributed by atoms with Crippen LogP contribution in [0, 0.1) is 6.92 Å². The fraction of sp³-hybridized carbons (Fsp3) is 0.308. The third-order valence-electron chi connectivity index (χ3n) is 2.15. The van der Waals surface area contributed by atoms with Gasteiger partial charge < -0.3 is 4.74 Å². The number of alkyl halides is 3. The summed E-state index contributed by atoms with van der Waals surface area (Å²) in [5.41, 5.74) is 2.68. The number of halogens is 3. The van der Waals surface area contributed by atoms with Gasteiger partial charge in [0, 0.05) is 0 Å². The zero-order valence-electron chi connectivity index (χ0n) is 10.0. The van der Waals surface area contributed by atoms with E-state index >= 15 is 0 Å². The van der Waals surface area contributed by atoms with E-state index in [-0.39, 0.29) is 6.61 Å². The average molecular weight is 275 g/mol. The summed E-state index contributed by atoms with van der Waals surface area (Å²) in [5, 5.41) is -3.97. The summed E-state index contributed by atoms with van der Waals surface area (Å²) in [5.74, 6) is -1.74. The van der Waals surface area contributed by atoms with Gasteiger partial charge in [-0.3, -0.25) is 0 Å². The van der Waals surface area contributed by atoms with Gasteiger partial charge in [-0.15, -0.1) is 0 Å². The molecule has 0 spiro atoms. The number of ether oxygens (including phenoxy) is 1. The number of hydrogen-bond acceptors (Lipinski definition) is 2. The fourth-order valence-electron chi connectivity index (χ4n) is 1.25. The van der Waals surface area contributed by atoms with Crippen LogP contribution in [0.4, 0.5) is 8.78 Å². The summed E-state index contributed by atoms with van der Waals surface area (Å²) in [6.45, 7) is 3.43. The van der Waals surface area contributed by atoms with E-state index in [2.05, 4.69) is 16.3 Å². The maximum Gasteiger partial charge on any atom is 0.417 e. The molecule has 5 heteroatoms. The Hall–Kier alpha value is -1.42. The Balaban J connectivity index is 2.58. The molecule has 18 heavy (non-hydrogen) atoms. The van der Waals surface area contributed by atoms with Gasteiger partial charge in [0.15, 0.2) is 0 Å². The summed E-state index contributed by atoms with van der Waals surface area (Å²) in [6.07, 6.45) is 1.75. The monoisotopic (exact) mass is 274 g/mol. The lowest BCUT2D eigenvalue weighted by Crippen LogP contribution is -2.24. The highest BCUT2D eigenvalue weighted by Crippen LogP contribution is 2.20. The van der Waals surface area contributed by atoms with Crippen molar-refractivity contribution >= 4 is 23.6 Å². The molecule has 0 bridgehead atoms. The van der Waals surface area contributed by atoms with E-state index in [9.17, 15) is 13.6 Å². The van der Waals surface area contributed by atoms with Crippen LogP contribution >= 0.6 is 11.6 Å². The van der Waals surface area contributed by atoms with Crippen LogP contribution in [0.3, 0.4) is 0 Å². The summed E-state index contributed by atoms with van der Waals surface area (Å²) < 4.78 is 29.0. The molecule has 1 aromatic carbocycles. The molecule has 0 N–H and O–H groups in total. The Morgan fingerprint density at radius 3 is 2.44 bits per heavy atom. The Bertz CT molecular complexity index is 447. The number of esters is 1. The molecule has 0 aliphatic heterocycles. The van der Waals surface area contributed by atoms with Crippen molar-refractivity contribution in [3.05, 3.63) is 41.0 Å². The average Bonchev–Trinajstić information content (AvgIpc) is 2.28. The zero-order chi connectivity index (χ0) is 13.8. The first-order chi connectivity index (χ1) is 8.29. The first kappa shape index (κ1) is 14.6. The largest absolute Gasteiger partial charge is 0.456 e. The Kier molecular flexibility index (Phi) is 4.84. The molecule has 0 saturated carbocycles. The first-order valence-corrected chi connectivity index (χ1v) is 5.64. The highest BCUT2D eigenvalue weighted by molar-refractivity contribution is 6.31. The molecule has 0 fully saturated rings. The molecule has 0 aliphatic rings. The van der Waals surface area contributed by atoms with Crippen molar-refractivity contribution < 1.29 is 18.3 Å². The zero-order valence-corrected chi connectivity index (χ0v) is 10.8. The van der Waals surface area contributed by atoms with E-state index in [1.807, 2.05) is 31.2 Å². The topological polar surface area (TPSA) is 26.3 Å². The van der Waals surface area contributed by atoms with Crippen LogP contribution in [-0.4, -0.2) is 18.0 Å². The van der Waals surface area contributed by atoms with Crippen molar-refractivity contribution in [3.8, 4) is 0 Å². The minimum absolute atomic E-state index is 0.213. The molecule has 0 radical (unpaired) electrons. The first-order valence-electron chi connectivity index (χ1n) is 5.27. The van der Waals surface area contributed by atoms with Gasteiger partial charge in [-0.1, -0.05) is 35.9 Å². The van der Waals surface area contributed by atoms with E-state index in [1.165, 1.54) is 0 Å². The van der Waals surface area contributed by atoms with E-state index in [0.717, 1.165) is 11.1 Å². The Morgan fingerprint density at radius 2 is 1.94 bits per heavy atom. The SMILES string of the molecule is C/C(=C\c1ccc(C)cc1)COC(=O)C(F)(F)Cl. The second-order valence-electron chi connectivity index (χ2n) is 3.98. The van der Waals surface area contributed by atoms with Gasteiger partial charge in [-0.25, -0.2) is 4.79 Å². The van der Waals surface area contributed by atoms with E-state index in [4.69, 9.17) is 0 Å². The van der Waals surface area contributed by atoms with Crippen LogP contribution in [0.1, 0.15) is 18.1 Å². The molecule has 2 nitrogen and oxygen atoms in total. The van der Waals surface area contributed by atoms with Crippen molar-refractivity contribution in [1.82, 2.24) is 0 Å². The van der Waals surface area contributed by atoms with E-state index < -0.39 is 11.4 Å². The number of hydrogen-bond donors (Lipinski definition) is 0. The van der Waals surface area contributed by atoms with Crippen LogP contribution in [0.2, 0.25) is 0 Å². The van der Waals surface area contributed by atoms with E-state index in [0.29, 0.717) is 5.57 Å². The quantitative estimate of drug-likeness (QED) is 0.617. The van der Waals surface area contributed by atoms with Crippen molar-refractivity contribution in [2.75, 3.05) is 6.61 Å². The molecule has 0 unspecified atom stereocenters. The van der Waals surface area contributed by atoms with Crippen molar-refractivity contribution in [2.24, 2.45) is 0 Å². The van der Waals surface area contributed by atoms with Crippen LogP contribution in [0.5, 0.6) is 0 Å². The molecule has 1 aromatic rings. The highest BCUT2D eigenvalue weighted by Gasteiger charge is 2.37. The van der Waals surface area contributed by atoms with Gasteiger partial charge in [-0.05, 0) is 36.6 Å². The predicted octanol–water partition coefficient (Wildman–Crippen LogP) is 3.77. The lowest BCUT2D eigenvalue weighted by atomic mass is 10.1. The predicted molar refractivity (Wildman–Crippen MR) is 66.6 cm³/mol.